The van der Waals surface area contributed by atoms with E-state index in [1.807, 2.05) is 12.1 Å². The summed E-state index contributed by atoms with van der Waals surface area (Å²) in [5, 5.41) is 0. The molecule has 0 saturated carbocycles. The fourth-order valence-corrected chi connectivity index (χ4v) is 9.13. The highest BCUT2D eigenvalue weighted by atomic mass is 16.1. The molecule has 10 rings (SSSR count). The second-order valence-electron chi connectivity index (χ2n) is 14.0. The SMILES string of the molecule is CC1(C)c2ccccc2C(=O)c2cc3c(cc21)-c1ccccc1C31c2ccccc2-c2ccc(N(c3ccccc3)c3ccccc3)cc21. The lowest BCUT2D eigenvalue weighted by molar-refractivity contribution is 0.103. The van der Waals surface area contributed by atoms with Crippen LogP contribution in [0.25, 0.3) is 22.3 Å². The van der Waals surface area contributed by atoms with Gasteiger partial charge in [-0.2, -0.15) is 0 Å². The van der Waals surface area contributed by atoms with Crippen LogP contribution in [-0.2, 0) is 10.8 Å². The lowest BCUT2D eigenvalue weighted by atomic mass is 9.65. The van der Waals surface area contributed by atoms with Crippen molar-refractivity contribution in [3.63, 3.8) is 0 Å². The summed E-state index contributed by atoms with van der Waals surface area (Å²) < 4.78 is 0. The fourth-order valence-electron chi connectivity index (χ4n) is 9.13. The Balaban J connectivity index is 1.29. The maximum atomic E-state index is 14.4. The number of hydrogen-bond donors (Lipinski definition) is 0. The van der Waals surface area contributed by atoms with Crippen molar-refractivity contribution >= 4 is 22.8 Å². The van der Waals surface area contributed by atoms with Crippen molar-refractivity contribution < 1.29 is 4.79 Å². The molecule has 0 fully saturated rings. The molecule has 0 aliphatic heterocycles. The molecule has 0 amide bonds. The smallest absolute Gasteiger partial charge is 0.193 e. The van der Waals surface area contributed by atoms with Crippen LogP contribution < -0.4 is 4.90 Å². The molecule has 0 N–H and O–H groups in total. The number of rotatable bonds is 3. The summed E-state index contributed by atoms with van der Waals surface area (Å²) >= 11 is 0. The Morgan fingerprint density at radius 3 is 1.47 bits per heavy atom. The van der Waals surface area contributed by atoms with E-state index in [2.05, 4.69) is 170 Å². The maximum absolute atomic E-state index is 14.4. The van der Waals surface area contributed by atoms with Crippen molar-refractivity contribution in [3.05, 3.63) is 208 Å². The average molecular weight is 628 g/mol. The number of benzene rings is 7. The van der Waals surface area contributed by atoms with E-state index in [1.54, 1.807) is 0 Å². The highest BCUT2D eigenvalue weighted by molar-refractivity contribution is 6.14. The molecule has 0 saturated heterocycles. The van der Waals surface area contributed by atoms with Crippen LogP contribution in [0.1, 0.15) is 63.1 Å². The number of ketones is 1. The predicted molar refractivity (Wildman–Crippen MR) is 199 cm³/mol. The molecule has 0 aromatic heterocycles. The van der Waals surface area contributed by atoms with E-state index in [9.17, 15) is 4.79 Å². The van der Waals surface area contributed by atoms with Gasteiger partial charge in [-0.25, -0.2) is 0 Å². The van der Waals surface area contributed by atoms with Gasteiger partial charge in [-0.3, -0.25) is 4.79 Å². The molecule has 3 aliphatic rings. The molecule has 0 bridgehead atoms. The highest BCUT2D eigenvalue weighted by Crippen LogP contribution is 2.64. The zero-order valence-electron chi connectivity index (χ0n) is 27.4. The number of carbonyl (C=O) groups is 1. The molecule has 1 unspecified atom stereocenters. The van der Waals surface area contributed by atoms with Gasteiger partial charge in [0.2, 0.25) is 0 Å². The minimum Gasteiger partial charge on any atom is -0.310 e. The molecule has 2 heteroatoms. The quantitative estimate of drug-likeness (QED) is 0.194. The van der Waals surface area contributed by atoms with E-state index in [1.165, 1.54) is 44.5 Å². The van der Waals surface area contributed by atoms with Gasteiger partial charge >= 0.3 is 0 Å². The molecule has 49 heavy (non-hydrogen) atoms. The zero-order chi connectivity index (χ0) is 32.9. The van der Waals surface area contributed by atoms with E-state index in [4.69, 9.17) is 0 Å². The molecule has 1 atom stereocenters. The summed E-state index contributed by atoms with van der Waals surface area (Å²) in [5.74, 6) is 0.110. The van der Waals surface area contributed by atoms with Crippen molar-refractivity contribution in [2.45, 2.75) is 24.7 Å². The Kier molecular flexibility index (Phi) is 5.73. The van der Waals surface area contributed by atoms with Gasteiger partial charge < -0.3 is 4.90 Å². The van der Waals surface area contributed by atoms with Crippen LogP contribution in [0.15, 0.2) is 164 Å². The van der Waals surface area contributed by atoms with Crippen molar-refractivity contribution in [2.24, 2.45) is 0 Å². The number of carbonyl (C=O) groups excluding carboxylic acids is 1. The molecule has 7 aromatic rings. The minimum atomic E-state index is -0.580. The monoisotopic (exact) mass is 627 g/mol. The minimum absolute atomic E-state index is 0.110. The van der Waals surface area contributed by atoms with Crippen molar-refractivity contribution in [1.29, 1.82) is 0 Å². The van der Waals surface area contributed by atoms with Crippen LogP contribution >= 0.6 is 0 Å². The first-order chi connectivity index (χ1) is 24.0. The molecular formula is C47H33NO. The van der Waals surface area contributed by atoms with E-state index in [-0.39, 0.29) is 11.2 Å². The van der Waals surface area contributed by atoms with Crippen LogP contribution in [0, 0.1) is 0 Å². The van der Waals surface area contributed by atoms with Crippen LogP contribution in [0.5, 0.6) is 0 Å². The lowest BCUT2D eigenvalue weighted by Crippen LogP contribution is -2.32. The number of hydrogen-bond acceptors (Lipinski definition) is 2. The second kappa shape index (κ2) is 10.0. The van der Waals surface area contributed by atoms with Gasteiger partial charge in [0.05, 0.1) is 5.41 Å². The number of fused-ring (bicyclic) bond motifs is 12. The third-order valence-corrected chi connectivity index (χ3v) is 11.3. The van der Waals surface area contributed by atoms with Crippen molar-refractivity contribution in [3.8, 4) is 22.3 Å². The first kappa shape index (κ1) is 28.1. The zero-order valence-corrected chi connectivity index (χ0v) is 27.4. The van der Waals surface area contributed by atoms with Crippen LogP contribution in [0.2, 0.25) is 0 Å². The lowest BCUT2D eigenvalue weighted by Gasteiger charge is -2.36. The molecule has 7 aromatic carbocycles. The van der Waals surface area contributed by atoms with Gasteiger partial charge in [0.15, 0.2) is 5.78 Å². The molecular weight excluding hydrogens is 595 g/mol. The summed E-state index contributed by atoms with van der Waals surface area (Å²) in [6, 6.07) is 58.7. The first-order valence-corrected chi connectivity index (χ1v) is 17.1. The molecule has 0 heterocycles. The van der Waals surface area contributed by atoms with E-state index < -0.39 is 5.41 Å². The molecule has 2 nitrogen and oxygen atoms in total. The van der Waals surface area contributed by atoms with Gasteiger partial charge in [0.1, 0.15) is 0 Å². The molecule has 1 spiro atoms. The van der Waals surface area contributed by atoms with Crippen molar-refractivity contribution in [1.82, 2.24) is 0 Å². The normalized spacial score (nSPS) is 17.1. The average Bonchev–Trinajstić information content (AvgIpc) is 3.61. The van der Waals surface area contributed by atoms with Gasteiger partial charge in [-0.1, -0.05) is 129 Å². The number of para-hydroxylation sites is 2. The van der Waals surface area contributed by atoms with Crippen LogP contribution in [0.4, 0.5) is 17.1 Å². The summed E-state index contributed by atoms with van der Waals surface area (Å²) in [6.07, 6.45) is 0. The van der Waals surface area contributed by atoms with Crippen molar-refractivity contribution in [2.75, 3.05) is 4.90 Å². The Morgan fingerprint density at radius 1 is 0.367 bits per heavy atom. The Bertz CT molecular complexity index is 2450. The van der Waals surface area contributed by atoms with Crippen LogP contribution in [0.3, 0.4) is 0 Å². The van der Waals surface area contributed by atoms with Gasteiger partial charge in [0, 0.05) is 33.6 Å². The van der Waals surface area contributed by atoms with E-state index >= 15 is 0 Å². The van der Waals surface area contributed by atoms with Gasteiger partial charge in [-0.05, 0) is 104 Å². The summed E-state index contributed by atoms with van der Waals surface area (Å²) in [5.41, 5.74) is 16.1. The van der Waals surface area contributed by atoms with E-state index in [0.717, 1.165) is 39.3 Å². The Morgan fingerprint density at radius 2 is 0.837 bits per heavy atom. The largest absolute Gasteiger partial charge is 0.310 e. The number of nitrogens with zero attached hydrogens (tertiary/aromatic N) is 1. The molecule has 0 radical (unpaired) electrons. The summed E-state index contributed by atoms with van der Waals surface area (Å²) in [7, 11) is 0. The third-order valence-electron chi connectivity index (χ3n) is 11.3. The van der Waals surface area contributed by atoms with E-state index in [0.29, 0.717) is 0 Å². The standard InChI is InChI=1S/C47H33NO/c1-46(2)39-22-12-11-21-36(39)45(49)38-29-44-37(28-42(38)46)34-20-10-14-24-41(34)47(44)40-23-13-9-19-33(40)35-26-25-32(27-43(35)47)48(30-15-5-3-6-16-30)31-17-7-4-8-18-31/h3-29H,1-2H3. The third kappa shape index (κ3) is 3.64. The fraction of sp³-hybridized carbons (Fsp3) is 0.0851. The van der Waals surface area contributed by atoms with Crippen LogP contribution in [-0.4, -0.2) is 5.78 Å². The van der Waals surface area contributed by atoms with Gasteiger partial charge in [-0.15, -0.1) is 0 Å². The topological polar surface area (TPSA) is 20.3 Å². The Labute approximate surface area is 287 Å². The summed E-state index contributed by atoms with van der Waals surface area (Å²) in [6.45, 7) is 4.52. The molecule has 232 valence electrons. The first-order valence-electron chi connectivity index (χ1n) is 17.1. The molecule has 3 aliphatic carbocycles. The summed E-state index contributed by atoms with van der Waals surface area (Å²) in [4.78, 5) is 16.8. The highest BCUT2D eigenvalue weighted by Gasteiger charge is 2.53. The van der Waals surface area contributed by atoms with Gasteiger partial charge in [0.25, 0.3) is 0 Å². The second-order valence-corrected chi connectivity index (χ2v) is 14.0. The predicted octanol–water partition coefficient (Wildman–Crippen LogP) is 11.4. The maximum Gasteiger partial charge on any atom is 0.193 e. The Hall–Kier alpha value is -5.99. The number of anilines is 3.